The second-order valence-corrected chi connectivity index (χ2v) is 4.66. The van der Waals surface area contributed by atoms with Gasteiger partial charge in [-0.15, -0.1) is 0 Å². The zero-order valence-electron chi connectivity index (χ0n) is 12.0. The van der Waals surface area contributed by atoms with Crippen LogP contribution in [-0.4, -0.2) is 15.0 Å². The summed E-state index contributed by atoms with van der Waals surface area (Å²) in [5, 5.41) is 0. The highest BCUT2D eigenvalue weighted by Crippen LogP contribution is 2.34. The number of halogens is 3. The lowest BCUT2D eigenvalue weighted by molar-refractivity contribution is 0.401. The Hall–Kier alpha value is -3.36. The first-order chi connectivity index (χ1) is 11.5. The molecule has 0 amide bonds. The van der Waals surface area contributed by atoms with E-state index in [4.69, 9.17) is 16.2 Å². The van der Waals surface area contributed by atoms with Crippen molar-refractivity contribution >= 4 is 11.6 Å². The van der Waals surface area contributed by atoms with E-state index in [9.17, 15) is 13.2 Å². The molecule has 9 heteroatoms. The number of anilines is 2. The molecule has 0 fully saturated rings. The first-order valence-electron chi connectivity index (χ1n) is 6.62. The zero-order valence-corrected chi connectivity index (χ0v) is 12.0. The molecule has 0 atom stereocenters. The highest BCUT2D eigenvalue weighted by Gasteiger charge is 2.20. The van der Waals surface area contributed by atoms with Crippen LogP contribution in [0, 0.1) is 17.5 Å². The molecule has 0 unspecified atom stereocenters. The minimum atomic E-state index is -1.53. The molecule has 0 saturated heterocycles. The van der Waals surface area contributed by atoms with E-state index in [-0.39, 0.29) is 11.8 Å². The third kappa shape index (κ3) is 2.78. The minimum Gasteiger partial charge on any atom is -0.435 e. The van der Waals surface area contributed by atoms with Gasteiger partial charge in [0.2, 0.25) is 17.6 Å². The number of nitrogens with zero attached hydrogens (tertiary/aromatic N) is 3. The lowest BCUT2D eigenvalue weighted by atomic mass is 10.2. The predicted octanol–water partition coefficient (Wildman–Crippen LogP) is 2.91. The van der Waals surface area contributed by atoms with Crippen molar-refractivity contribution in [2.24, 2.45) is 0 Å². The van der Waals surface area contributed by atoms with Crippen LogP contribution in [0.25, 0.3) is 11.3 Å². The number of pyridine rings is 1. The Morgan fingerprint density at radius 1 is 0.958 bits per heavy atom. The van der Waals surface area contributed by atoms with Gasteiger partial charge in [-0.25, -0.2) is 23.7 Å². The van der Waals surface area contributed by atoms with Crippen LogP contribution in [0.4, 0.5) is 24.8 Å². The first-order valence-corrected chi connectivity index (χ1v) is 6.62. The van der Waals surface area contributed by atoms with Crippen molar-refractivity contribution in [2.75, 3.05) is 11.5 Å². The SMILES string of the molecule is Nc1nccc(-c2cccnc2Oc2cc(F)c(N)c(F)c2F)n1. The topological polar surface area (TPSA) is 99.9 Å². The quantitative estimate of drug-likeness (QED) is 0.565. The van der Waals surface area contributed by atoms with Gasteiger partial charge in [0.05, 0.1) is 11.3 Å². The Labute approximate surface area is 133 Å². The fourth-order valence-electron chi connectivity index (χ4n) is 1.96. The molecule has 6 nitrogen and oxygen atoms in total. The molecule has 2 aromatic heterocycles. The summed E-state index contributed by atoms with van der Waals surface area (Å²) in [4.78, 5) is 11.7. The van der Waals surface area contributed by atoms with E-state index in [1.165, 1.54) is 18.5 Å². The van der Waals surface area contributed by atoms with Crippen LogP contribution in [0.2, 0.25) is 0 Å². The van der Waals surface area contributed by atoms with Crippen molar-refractivity contribution in [3.05, 3.63) is 54.1 Å². The Morgan fingerprint density at radius 3 is 2.50 bits per heavy atom. The average molecular weight is 333 g/mol. The van der Waals surface area contributed by atoms with Crippen molar-refractivity contribution in [3.63, 3.8) is 0 Å². The Bertz CT molecular complexity index is 920. The van der Waals surface area contributed by atoms with E-state index < -0.39 is 28.9 Å². The summed E-state index contributed by atoms with van der Waals surface area (Å²) >= 11 is 0. The number of aromatic nitrogens is 3. The first kappa shape index (κ1) is 15.5. The van der Waals surface area contributed by atoms with Crippen LogP contribution >= 0.6 is 0 Å². The summed E-state index contributed by atoms with van der Waals surface area (Å²) in [5.41, 5.74) is 10.4. The molecular weight excluding hydrogens is 323 g/mol. The number of ether oxygens (including phenoxy) is 1. The smallest absolute Gasteiger partial charge is 0.228 e. The van der Waals surface area contributed by atoms with Gasteiger partial charge < -0.3 is 16.2 Å². The van der Waals surface area contributed by atoms with E-state index in [1.54, 1.807) is 12.1 Å². The average Bonchev–Trinajstić information content (AvgIpc) is 2.58. The maximum atomic E-state index is 13.9. The monoisotopic (exact) mass is 333 g/mol. The van der Waals surface area contributed by atoms with E-state index in [2.05, 4.69) is 15.0 Å². The van der Waals surface area contributed by atoms with Crippen LogP contribution in [0.15, 0.2) is 36.7 Å². The summed E-state index contributed by atoms with van der Waals surface area (Å²) in [7, 11) is 0. The van der Waals surface area contributed by atoms with E-state index in [0.29, 0.717) is 17.3 Å². The van der Waals surface area contributed by atoms with Crippen molar-refractivity contribution in [1.82, 2.24) is 15.0 Å². The highest BCUT2D eigenvalue weighted by molar-refractivity contribution is 5.65. The van der Waals surface area contributed by atoms with Gasteiger partial charge in [0.15, 0.2) is 17.4 Å². The number of rotatable bonds is 3. The van der Waals surface area contributed by atoms with Crippen LogP contribution in [0.5, 0.6) is 11.6 Å². The molecule has 122 valence electrons. The number of hydrogen-bond acceptors (Lipinski definition) is 6. The van der Waals surface area contributed by atoms with Crippen molar-refractivity contribution in [1.29, 1.82) is 0 Å². The maximum absolute atomic E-state index is 13.9. The van der Waals surface area contributed by atoms with Crippen molar-refractivity contribution in [2.45, 2.75) is 0 Å². The Kier molecular flexibility index (Phi) is 3.90. The number of benzene rings is 1. The molecule has 0 aliphatic carbocycles. The summed E-state index contributed by atoms with van der Waals surface area (Å²) in [6.07, 6.45) is 2.78. The number of nitrogens with two attached hydrogens (primary N) is 2. The molecule has 24 heavy (non-hydrogen) atoms. The Morgan fingerprint density at radius 2 is 1.75 bits per heavy atom. The van der Waals surface area contributed by atoms with Crippen LogP contribution < -0.4 is 16.2 Å². The third-order valence-electron chi connectivity index (χ3n) is 3.09. The van der Waals surface area contributed by atoms with Gasteiger partial charge >= 0.3 is 0 Å². The standard InChI is InChI=1S/C15H10F3N5O/c16-8-6-10(11(17)12(18)13(8)19)24-14-7(2-1-4-21-14)9-3-5-22-15(20)23-9/h1-6H,19H2,(H2,20,22,23). The van der Waals surface area contributed by atoms with Gasteiger partial charge in [0.1, 0.15) is 5.69 Å². The molecule has 0 aliphatic heterocycles. The van der Waals surface area contributed by atoms with E-state index >= 15 is 0 Å². The van der Waals surface area contributed by atoms with Crippen molar-refractivity contribution < 1.29 is 17.9 Å². The summed E-state index contributed by atoms with van der Waals surface area (Å²) < 4.78 is 46.2. The number of hydrogen-bond donors (Lipinski definition) is 2. The molecule has 2 heterocycles. The molecule has 4 N–H and O–H groups in total. The predicted molar refractivity (Wildman–Crippen MR) is 80.5 cm³/mol. The van der Waals surface area contributed by atoms with Crippen molar-refractivity contribution in [3.8, 4) is 22.9 Å². The lowest BCUT2D eigenvalue weighted by Crippen LogP contribution is -2.02. The Balaban J connectivity index is 2.07. The van der Waals surface area contributed by atoms with Gasteiger partial charge in [0.25, 0.3) is 0 Å². The van der Waals surface area contributed by atoms with Gasteiger partial charge in [-0.05, 0) is 18.2 Å². The minimum absolute atomic E-state index is 0.0121. The van der Waals surface area contributed by atoms with Gasteiger partial charge in [-0.3, -0.25) is 0 Å². The van der Waals surface area contributed by atoms with Gasteiger partial charge in [-0.1, -0.05) is 0 Å². The molecule has 3 rings (SSSR count). The molecule has 1 aromatic carbocycles. The van der Waals surface area contributed by atoms with E-state index in [0.717, 1.165) is 0 Å². The fourth-order valence-corrected chi connectivity index (χ4v) is 1.96. The van der Waals surface area contributed by atoms with Gasteiger partial charge in [-0.2, -0.15) is 4.39 Å². The second kappa shape index (κ2) is 6.03. The van der Waals surface area contributed by atoms with E-state index in [1.807, 2.05) is 0 Å². The second-order valence-electron chi connectivity index (χ2n) is 4.66. The largest absolute Gasteiger partial charge is 0.435 e. The highest BCUT2D eigenvalue weighted by atomic mass is 19.2. The van der Waals surface area contributed by atoms with Crippen LogP contribution in [0.1, 0.15) is 0 Å². The number of nitrogen functional groups attached to an aromatic ring is 2. The lowest BCUT2D eigenvalue weighted by Gasteiger charge is -2.11. The summed E-state index contributed by atoms with van der Waals surface area (Å²) in [6, 6.07) is 5.33. The maximum Gasteiger partial charge on any atom is 0.228 e. The molecule has 0 radical (unpaired) electrons. The molecule has 0 spiro atoms. The summed E-state index contributed by atoms with van der Waals surface area (Å²) in [5.74, 6) is -4.90. The summed E-state index contributed by atoms with van der Waals surface area (Å²) in [6.45, 7) is 0. The molecule has 0 saturated carbocycles. The third-order valence-corrected chi connectivity index (χ3v) is 3.09. The van der Waals surface area contributed by atoms with Crippen LogP contribution in [-0.2, 0) is 0 Å². The molecule has 0 aliphatic rings. The van der Waals surface area contributed by atoms with Crippen LogP contribution in [0.3, 0.4) is 0 Å². The molecule has 3 aromatic rings. The molecular formula is C15H10F3N5O. The zero-order chi connectivity index (χ0) is 17.3. The fraction of sp³-hybridized carbons (Fsp3) is 0. The van der Waals surface area contributed by atoms with Gasteiger partial charge in [0, 0.05) is 18.5 Å². The normalized spacial score (nSPS) is 10.6. The molecule has 0 bridgehead atoms.